The first-order chi connectivity index (χ1) is 8.29. The maximum atomic E-state index is 10.9. The summed E-state index contributed by atoms with van der Waals surface area (Å²) in [5.41, 5.74) is 2.13. The Hall–Kier alpha value is -1.97. The minimum atomic E-state index is -0.0547. The van der Waals surface area contributed by atoms with Crippen LogP contribution in [0.25, 0.3) is 0 Å². The van der Waals surface area contributed by atoms with Gasteiger partial charge in [0, 0.05) is 35.9 Å². The molecule has 5 nitrogen and oxygen atoms in total. The first-order valence-corrected chi connectivity index (χ1v) is 5.89. The highest BCUT2D eigenvalue weighted by atomic mass is 32.1. The summed E-state index contributed by atoms with van der Waals surface area (Å²) in [7, 11) is 0. The number of thiazole rings is 1. The molecule has 0 aliphatic heterocycles. The molecule has 0 aromatic carbocycles. The van der Waals surface area contributed by atoms with Crippen LogP contribution in [0.15, 0.2) is 28.5 Å². The Balaban J connectivity index is 1.94. The van der Waals surface area contributed by atoms with E-state index in [4.69, 9.17) is 5.26 Å². The van der Waals surface area contributed by atoms with Crippen LogP contribution in [0.1, 0.15) is 17.0 Å². The Morgan fingerprint density at radius 3 is 3.12 bits per heavy atom. The van der Waals surface area contributed by atoms with E-state index >= 15 is 0 Å². The van der Waals surface area contributed by atoms with Crippen molar-refractivity contribution >= 4 is 11.3 Å². The van der Waals surface area contributed by atoms with Crippen molar-refractivity contribution in [3.63, 3.8) is 0 Å². The van der Waals surface area contributed by atoms with Crippen LogP contribution in [0.5, 0.6) is 0 Å². The van der Waals surface area contributed by atoms with Gasteiger partial charge in [-0.15, -0.1) is 0 Å². The largest absolute Gasteiger partial charge is 0.315 e. The molecule has 2 N–H and O–H groups in total. The molecule has 2 aromatic rings. The molecule has 0 radical (unpaired) electrons. The Bertz CT molecular complexity index is 596. The van der Waals surface area contributed by atoms with E-state index in [1.54, 1.807) is 17.6 Å². The van der Waals surface area contributed by atoms with Crippen molar-refractivity contribution in [3.05, 3.63) is 50.3 Å². The maximum absolute atomic E-state index is 10.9. The second kappa shape index (κ2) is 5.39. The predicted molar refractivity (Wildman–Crippen MR) is 64.4 cm³/mol. The molecule has 0 saturated carbocycles. The van der Waals surface area contributed by atoms with Crippen molar-refractivity contribution in [2.75, 3.05) is 0 Å². The van der Waals surface area contributed by atoms with Crippen LogP contribution in [0.4, 0.5) is 0 Å². The van der Waals surface area contributed by atoms with Crippen LogP contribution in [0.3, 0.4) is 0 Å². The van der Waals surface area contributed by atoms with E-state index in [2.05, 4.69) is 15.3 Å². The Labute approximate surface area is 102 Å². The molecule has 0 bridgehead atoms. The van der Waals surface area contributed by atoms with Gasteiger partial charge in [-0.25, -0.2) is 4.98 Å². The zero-order valence-corrected chi connectivity index (χ0v) is 9.75. The smallest absolute Gasteiger partial charge is 0.304 e. The molecule has 0 spiro atoms. The summed E-state index contributed by atoms with van der Waals surface area (Å²) in [6.45, 7) is 1.12. The third-order valence-corrected chi connectivity index (χ3v) is 2.92. The van der Waals surface area contributed by atoms with E-state index < -0.39 is 0 Å². The molecule has 2 aromatic heterocycles. The summed E-state index contributed by atoms with van der Waals surface area (Å²) in [6, 6.07) is 5.69. The van der Waals surface area contributed by atoms with Crippen molar-refractivity contribution in [1.82, 2.24) is 15.3 Å². The lowest BCUT2D eigenvalue weighted by Crippen LogP contribution is -2.15. The second-order valence-electron chi connectivity index (χ2n) is 3.40. The molecule has 0 saturated heterocycles. The number of rotatable bonds is 4. The van der Waals surface area contributed by atoms with Gasteiger partial charge in [0.1, 0.15) is 11.8 Å². The van der Waals surface area contributed by atoms with E-state index in [9.17, 15) is 4.79 Å². The summed E-state index contributed by atoms with van der Waals surface area (Å²) < 4.78 is 0. The van der Waals surface area contributed by atoms with Crippen molar-refractivity contribution in [2.24, 2.45) is 0 Å². The first-order valence-electron chi connectivity index (χ1n) is 5.01. The van der Waals surface area contributed by atoms with E-state index in [1.807, 2.05) is 12.1 Å². The zero-order valence-electron chi connectivity index (χ0n) is 8.93. The number of aromatic nitrogens is 2. The summed E-state index contributed by atoms with van der Waals surface area (Å²) in [5, 5.41) is 13.8. The molecule has 0 fully saturated rings. The van der Waals surface area contributed by atoms with E-state index in [1.165, 1.54) is 0 Å². The molecule has 6 heteroatoms. The van der Waals surface area contributed by atoms with E-state index in [-0.39, 0.29) is 4.87 Å². The van der Waals surface area contributed by atoms with Gasteiger partial charge in [-0.2, -0.15) is 5.26 Å². The number of hydrogen-bond donors (Lipinski definition) is 2. The summed E-state index contributed by atoms with van der Waals surface area (Å²) in [6.07, 6.45) is 1.60. The lowest BCUT2D eigenvalue weighted by atomic mass is 10.2. The fourth-order valence-corrected chi connectivity index (χ4v) is 2.00. The van der Waals surface area contributed by atoms with Crippen LogP contribution in [-0.4, -0.2) is 9.97 Å². The molecule has 0 aliphatic rings. The van der Waals surface area contributed by atoms with Crippen molar-refractivity contribution < 1.29 is 0 Å². The third-order valence-electron chi connectivity index (χ3n) is 2.20. The normalized spacial score (nSPS) is 10.1. The van der Waals surface area contributed by atoms with Gasteiger partial charge in [-0.05, 0) is 6.07 Å². The Kier molecular flexibility index (Phi) is 3.65. The predicted octanol–water partition coefficient (Wildman–Crippen LogP) is 0.993. The van der Waals surface area contributed by atoms with Gasteiger partial charge in [0.25, 0.3) is 0 Å². The lowest BCUT2D eigenvalue weighted by molar-refractivity contribution is 0.678. The number of hydrogen-bond acceptors (Lipinski definition) is 5. The van der Waals surface area contributed by atoms with Gasteiger partial charge in [-0.3, -0.25) is 4.79 Å². The highest BCUT2D eigenvalue weighted by Crippen LogP contribution is 2.03. The number of aromatic amines is 1. The topological polar surface area (TPSA) is 81.6 Å². The van der Waals surface area contributed by atoms with Crippen molar-refractivity contribution in [2.45, 2.75) is 13.1 Å². The van der Waals surface area contributed by atoms with Crippen LogP contribution in [-0.2, 0) is 13.1 Å². The number of nitriles is 1. The molecule has 2 heterocycles. The summed E-state index contributed by atoms with van der Waals surface area (Å²) in [4.78, 5) is 17.5. The maximum Gasteiger partial charge on any atom is 0.304 e. The molecule has 0 atom stereocenters. The molecule has 2 rings (SSSR count). The van der Waals surface area contributed by atoms with Gasteiger partial charge in [0.2, 0.25) is 0 Å². The summed E-state index contributed by atoms with van der Waals surface area (Å²) in [5.74, 6) is 0. The van der Waals surface area contributed by atoms with Crippen molar-refractivity contribution in [3.8, 4) is 6.07 Å². The number of H-pyrrole nitrogens is 1. The van der Waals surface area contributed by atoms with Crippen molar-refractivity contribution in [1.29, 1.82) is 5.26 Å². The highest BCUT2D eigenvalue weighted by Gasteiger charge is 2.02. The number of nitrogens with one attached hydrogen (secondary N) is 2. The molecule has 0 amide bonds. The highest BCUT2D eigenvalue weighted by molar-refractivity contribution is 7.07. The molecular formula is C11H10N4OS. The fraction of sp³-hybridized carbons (Fsp3) is 0.182. The van der Waals surface area contributed by atoms with Gasteiger partial charge in [0.15, 0.2) is 0 Å². The van der Waals surface area contributed by atoms with Gasteiger partial charge in [-0.1, -0.05) is 17.4 Å². The molecule has 17 heavy (non-hydrogen) atoms. The monoisotopic (exact) mass is 246 g/mol. The van der Waals surface area contributed by atoms with Gasteiger partial charge in [0.05, 0.1) is 0 Å². The lowest BCUT2D eigenvalue weighted by Gasteiger charge is -2.04. The second-order valence-corrected chi connectivity index (χ2v) is 4.24. The molecular weight excluding hydrogens is 236 g/mol. The summed E-state index contributed by atoms with van der Waals surface area (Å²) >= 11 is 1.14. The Morgan fingerprint density at radius 1 is 1.53 bits per heavy atom. The minimum absolute atomic E-state index is 0.0547. The average Bonchev–Trinajstić information content (AvgIpc) is 2.76. The van der Waals surface area contributed by atoms with E-state index in [0.29, 0.717) is 18.8 Å². The average molecular weight is 246 g/mol. The van der Waals surface area contributed by atoms with Gasteiger partial charge < -0.3 is 10.3 Å². The molecule has 86 valence electrons. The van der Waals surface area contributed by atoms with Crippen LogP contribution in [0, 0.1) is 11.3 Å². The van der Waals surface area contributed by atoms with Gasteiger partial charge >= 0.3 is 4.87 Å². The third kappa shape index (κ3) is 3.00. The first kappa shape index (κ1) is 11.5. The number of nitrogens with zero attached hydrogens (tertiary/aromatic N) is 2. The molecule has 0 unspecified atom stereocenters. The zero-order chi connectivity index (χ0) is 12.1. The Morgan fingerprint density at radius 2 is 2.41 bits per heavy atom. The number of pyridine rings is 1. The van der Waals surface area contributed by atoms with Crippen LogP contribution < -0.4 is 10.2 Å². The quantitative estimate of drug-likeness (QED) is 0.843. The minimum Gasteiger partial charge on any atom is -0.315 e. The van der Waals surface area contributed by atoms with Crippen LogP contribution in [0.2, 0.25) is 0 Å². The standard InChI is InChI=1S/C11H10N4OS/c12-4-10-8(2-1-3-14-10)5-13-6-9-7-17-11(16)15-9/h1-3,7,13H,5-6H2,(H,15,16). The molecule has 0 aliphatic carbocycles. The van der Waals surface area contributed by atoms with Crippen LogP contribution >= 0.6 is 11.3 Å². The van der Waals surface area contributed by atoms with E-state index in [0.717, 1.165) is 22.6 Å². The SMILES string of the molecule is N#Cc1ncccc1CNCc1csc(=O)[nH]1. The fourth-order valence-electron chi connectivity index (χ4n) is 1.41.